The molecule has 192 valence electrons. The first-order chi connectivity index (χ1) is 17.4. The zero-order valence-corrected chi connectivity index (χ0v) is 18.9. The number of anilines is 1. The number of phenolic OH excluding ortho intramolecular Hbond substituents is 1. The van der Waals surface area contributed by atoms with Gasteiger partial charge in [-0.3, -0.25) is 4.79 Å². The third kappa shape index (κ3) is 6.11. The summed E-state index contributed by atoms with van der Waals surface area (Å²) in [7, 11) is 0. The molecule has 0 spiro atoms. The summed E-state index contributed by atoms with van der Waals surface area (Å²) in [6, 6.07) is 15.8. The molecular weight excluding hydrogens is 500 g/mol. The van der Waals surface area contributed by atoms with Crippen LogP contribution in [0, 0.1) is 0 Å². The second-order valence-electron chi connectivity index (χ2n) is 8.15. The highest BCUT2D eigenvalue weighted by Crippen LogP contribution is 2.38. The first-order valence-electron chi connectivity index (χ1n) is 10.9. The van der Waals surface area contributed by atoms with Gasteiger partial charge in [0.2, 0.25) is 5.91 Å². The molecule has 0 saturated heterocycles. The minimum absolute atomic E-state index is 0.00886. The van der Waals surface area contributed by atoms with Crippen molar-refractivity contribution in [3.05, 3.63) is 101 Å². The Balaban J connectivity index is 1.76. The van der Waals surface area contributed by atoms with E-state index in [-0.39, 0.29) is 40.5 Å². The topological polar surface area (TPSA) is 64.9 Å². The van der Waals surface area contributed by atoms with E-state index in [0.29, 0.717) is 5.56 Å². The maximum atomic E-state index is 13.7. The number of halogens is 6. The van der Waals surface area contributed by atoms with Crippen LogP contribution in [-0.2, 0) is 17.4 Å². The highest BCUT2D eigenvalue weighted by Gasteiger charge is 2.36. The Labute approximate surface area is 207 Å². The van der Waals surface area contributed by atoms with E-state index in [1.807, 2.05) is 0 Å². The molecule has 11 heteroatoms. The lowest BCUT2D eigenvalue weighted by Gasteiger charge is -2.30. The third-order valence-corrected chi connectivity index (χ3v) is 5.45. The molecule has 0 atom stereocenters. The molecule has 3 aromatic rings. The predicted molar refractivity (Wildman–Crippen MR) is 126 cm³/mol. The van der Waals surface area contributed by atoms with Gasteiger partial charge >= 0.3 is 12.4 Å². The van der Waals surface area contributed by atoms with Crippen molar-refractivity contribution < 1.29 is 36.2 Å². The van der Waals surface area contributed by atoms with E-state index < -0.39 is 30.4 Å². The summed E-state index contributed by atoms with van der Waals surface area (Å²) < 4.78 is 79.6. The maximum absolute atomic E-state index is 13.7. The van der Waals surface area contributed by atoms with Gasteiger partial charge in [0, 0.05) is 17.3 Å². The van der Waals surface area contributed by atoms with Gasteiger partial charge < -0.3 is 15.3 Å². The van der Waals surface area contributed by atoms with E-state index in [1.54, 1.807) is 18.2 Å². The summed E-state index contributed by atoms with van der Waals surface area (Å²) in [4.78, 5) is 18.0. The van der Waals surface area contributed by atoms with Gasteiger partial charge in [-0.15, -0.1) is 0 Å². The summed E-state index contributed by atoms with van der Waals surface area (Å²) in [6.07, 6.45) is -8.27. The second-order valence-corrected chi connectivity index (χ2v) is 8.15. The van der Waals surface area contributed by atoms with Crippen molar-refractivity contribution in [2.24, 2.45) is 4.99 Å². The lowest BCUT2D eigenvalue weighted by molar-refractivity contribution is -0.137. The van der Waals surface area contributed by atoms with E-state index in [4.69, 9.17) is 0 Å². The average molecular weight is 519 g/mol. The molecule has 0 aromatic heterocycles. The first kappa shape index (κ1) is 25.8. The standard InChI is InChI=1S/C26H19F6N3O2/c27-25(28,29)15-35-20-7-3-1-5-17(20)14-33-24(23(35)19-6-2-4-8-21(19)36)34-22(37)13-16-9-11-18(12-10-16)26(30,31)32/h1-12,14,36H,13,15H2,(H,34,37). The van der Waals surface area contributed by atoms with Crippen LogP contribution in [0.4, 0.5) is 32.0 Å². The molecule has 0 bridgehead atoms. The van der Waals surface area contributed by atoms with Crippen LogP contribution in [0.2, 0.25) is 0 Å². The molecule has 0 saturated carbocycles. The van der Waals surface area contributed by atoms with E-state index in [2.05, 4.69) is 10.3 Å². The molecule has 4 rings (SSSR count). The predicted octanol–water partition coefficient (Wildman–Crippen LogP) is 5.90. The fourth-order valence-electron chi connectivity index (χ4n) is 3.84. The molecule has 0 fully saturated rings. The van der Waals surface area contributed by atoms with E-state index >= 15 is 0 Å². The number of aliphatic imine (C=N–C) groups is 1. The number of benzene rings is 3. The summed E-state index contributed by atoms with van der Waals surface area (Å²) in [6.45, 7) is -1.45. The van der Waals surface area contributed by atoms with Crippen LogP contribution < -0.4 is 10.2 Å². The Hall–Kier alpha value is -4.28. The molecule has 37 heavy (non-hydrogen) atoms. The Bertz CT molecular complexity index is 1360. The van der Waals surface area contributed by atoms with Gasteiger partial charge in [0.05, 0.1) is 23.4 Å². The molecular formula is C26H19F6N3O2. The zero-order valence-electron chi connectivity index (χ0n) is 18.9. The van der Waals surface area contributed by atoms with Crippen molar-refractivity contribution in [2.75, 3.05) is 11.4 Å². The smallest absolute Gasteiger partial charge is 0.416 e. The lowest BCUT2D eigenvalue weighted by atomic mass is 10.1. The van der Waals surface area contributed by atoms with Gasteiger partial charge in [-0.1, -0.05) is 42.5 Å². The highest BCUT2D eigenvalue weighted by molar-refractivity contribution is 5.98. The molecule has 1 aliphatic rings. The fraction of sp³-hybridized carbons (Fsp3) is 0.154. The van der Waals surface area contributed by atoms with Gasteiger partial charge in [0.25, 0.3) is 0 Å². The van der Waals surface area contributed by atoms with Crippen molar-refractivity contribution >= 4 is 23.5 Å². The lowest BCUT2D eigenvalue weighted by Crippen LogP contribution is -2.36. The number of carbonyl (C=O) groups is 1. The summed E-state index contributed by atoms with van der Waals surface area (Å²) in [5, 5.41) is 13.0. The first-order valence-corrected chi connectivity index (χ1v) is 10.9. The number of alkyl halides is 6. The van der Waals surface area contributed by atoms with Crippen LogP contribution in [0.1, 0.15) is 22.3 Å². The SMILES string of the molecule is O=C(Cc1ccc(C(F)(F)F)cc1)NC1=C(c2ccccc2O)N(CC(F)(F)F)c2ccccc2C=N1. The number of carbonyl (C=O) groups excluding carboxylic acids is 1. The monoisotopic (exact) mass is 519 g/mol. The van der Waals surface area contributed by atoms with Crippen molar-refractivity contribution in [3.8, 4) is 5.75 Å². The number of rotatable bonds is 5. The van der Waals surface area contributed by atoms with Gasteiger partial charge in [-0.2, -0.15) is 26.3 Å². The van der Waals surface area contributed by atoms with Crippen LogP contribution in [0.5, 0.6) is 5.75 Å². The summed E-state index contributed by atoms with van der Waals surface area (Å²) in [5.41, 5.74) is -0.346. The fourth-order valence-corrected chi connectivity index (χ4v) is 3.84. The van der Waals surface area contributed by atoms with E-state index in [1.165, 1.54) is 36.5 Å². The number of para-hydroxylation sites is 2. The molecule has 0 radical (unpaired) electrons. The maximum Gasteiger partial charge on any atom is 0.416 e. The average Bonchev–Trinajstić information content (AvgIpc) is 2.95. The second kappa shape index (κ2) is 10.00. The number of phenols is 1. The summed E-state index contributed by atoms with van der Waals surface area (Å²) in [5.74, 6) is -1.33. The number of hydrogen-bond donors (Lipinski definition) is 2. The number of amides is 1. The highest BCUT2D eigenvalue weighted by atomic mass is 19.4. The van der Waals surface area contributed by atoms with E-state index in [0.717, 1.165) is 29.2 Å². The van der Waals surface area contributed by atoms with Crippen LogP contribution >= 0.6 is 0 Å². The van der Waals surface area contributed by atoms with Gasteiger partial charge in [-0.25, -0.2) is 4.99 Å². The zero-order chi connectivity index (χ0) is 26.8. The minimum atomic E-state index is -4.66. The van der Waals surface area contributed by atoms with Crippen LogP contribution in [0.15, 0.2) is 83.6 Å². The van der Waals surface area contributed by atoms with Gasteiger partial charge in [0.1, 0.15) is 12.3 Å². The minimum Gasteiger partial charge on any atom is -0.507 e. The van der Waals surface area contributed by atoms with Crippen LogP contribution in [0.25, 0.3) is 5.70 Å². The third-order valence-electron chi connectivity index (χ3n) is 5.45. The molecule has 0 aliphatic carbocycles. The largest absolute Gasteiger partial charge is 0.507 e. The number of nitrogens with zero attached hydrogens (tertiary/aromatic N) is 2. The Morgan fingerprint density at radius 2 is 1.54 bits per heavy atom. The quantitative estimate of drug-likeness (QED) is 0.413. The molecule has 1 heterocycles. The number of nitrogens with one attached hydrogen (secondary N) is 1. The van der Waals surface area contributed by atoms with Crippen LogP contribution in [0.3, 0.4) is 0 Å². The van der Waals surface area contributed by atoms with Crippen molar-refractivity contribution in [3.63, 3.8) is 0 Å². The van der Waals surface area contributed by atoms with Crippen molar-refractivity contribution in [1.29, 1.82) is 0 Å². The van der Waals surface area contributed by atoms with Crippen LogP contribution in [-0.4, -0.2) is 29.9 Å². The Morgan fingerprint density at radius 3 is 2.19 bits per heavy atom. The molecule has 0 unspecified atom stereocenters. The summed E-state index contributed by atoms with van der Waals surface area (Å²) >= 11 is 0. The molecule has 1 aliphatic heterocycles. The number of hydrogen-bond acceptors (Lipinski definition) is 4. The molecule has 1 amide bonds. The Kier molecular flexibility index (Phi) is 6.97. The number of aromatic hydroxyl groups is 1. The molecule has 5 nitrogen and oxygen atoms in total. The number of fused-ring (bicyclic) bond motifs is 1. The van der Waals surface area contributed by atoms with Crippen molar-refractivity contribution in [1.82, 2.24) is 5.32 Å². The van der Waals surface area contributed by atoms with E-state index in [9.17, 15) is 36.2 Å². The van der Waals surface area contributed by atoms with Gasteiger partial charge in [0.15, 0.2) is 5.82 Å². The Morgan fingerprint density at radius 1 is 0.892 bits per heavy atom. The molecule has 2 N–H and O–H groups in total. The normalized spacial score (nSPS) is 13.8. The van der Waals surface area contributed by atoms with Gasteiger partial charge in [-0.05, 0) is 35.9 Å². The van der Waals surface area contributed by atoms with Crippen molar-refractivity contribution in [2.45, 2.75) is 18.8 Å². The molecule has 3 aromatic carbocycles.